The molecule has 36 valence electrons. The molecule has 0 radical (unpaired) electrons. The van der Waals surface area contributed by atoms with E-state index in [1.165, 1.54) is 6.42 Å². The van der Waals surface area contributed by atoms with Crippen LogP contribution < -0.4 is 5.73 Å². The molecule has 0 aromatic carbocycles. The summed E-state index contributed by atoms with van der Waals surface area (Å²) in [6, 6.07) is 0. The van der Waals surface area contributed by atoms with Crippen LogP contribution in [0.4, 0.5) is 0 Å². The summed E-state index contributed by atoms with van der Waals surface area (Å²) in [5, 5.41) is 0. The molecular weight excluding hydrogens is 74.1 g/mol. The van der Waals surface area contributed by atoms with E-state index in [1.807, 2.05) is 0 Å². The maximum Gasteiger partial charge on any atom is -0.00462 e. The molecule has 1 heteroatoms. The van der Waals surface area contributed by atoms with Crippen molar-refractivity contribution in [2.24, 2.45) is 17.6 Å². The normalized spacial score (nSPS) is 43.0. The fourth-order valence-electron chi connectivity index (χ4n) is 0.728. The summed E-state index contributed by atoms with van der Waals surface area (Å²) >= 11 is 0. The number of rotatable bonds is 1. The Balaban J connectivity index is 2.09. The van der Waals surface area contributed by atoms with Gasteiger partial charge in [-0.25, -0.2) is 0 Å². The lowest BCUT2D eigenvalue weighted by atomic mass is 10.3. The van der Waals surface area contributed by atoms with Crippen molar-refractivity contribution in [2.75, 3.05) is 6.54 Å². The Hall–Kier alpha value is -0.0400. The van der Waals surface area contributed by atoms with Crippen molar-refractivity contribution < 1.29 is 0 Å². The molecule has 0 saturated heterocycles. The van der Waals surface area contributed by atoms with E-state index in [4.69, 9.17) is 5.73 Å². The summed E-state index contributed by atoms with van der Waals surface area (Å²) in [7, 11) is 0. The summed E-state index contributed by atoms with van der Waals surface area (Å²) in [6.07, 6.45) is 1.37. The second-order valence-corrected chi connectivity index (χ2v) is 2.21. The second kappa shape index (κ2) is 1.23. The number of hydrogen-bond donors (Lipinski definition) is 1. The molecule has 1 rings (SSSR count). The molecule has 0 spiro atoms. The van der Waals surface area contributed by atoms with Crippen LogP contribution in [0.1, 0.15) is 13.3 Å². The molecule has 2 N–H and O–H groups in total. The van der Waals surface area contributed by atoms with Crippen LogP contribution in [0.2, 0.25) is 0 Å². The predicted molar refractivity (Wildman–Crippen MR) is 26.3 cm³/mol. The molecule has 0 aromatic heterocycles. The van der Waals surface area contributed by atoms with Crippen LogP contribution in [-0.4, -0.2) is 6.54 Å². The third-order valence-electron chi connectivity index (χ3n) is 1.58. The minimum absolute atomic E-state index is 0.880. The van der Waals surface area contributed by atoms with Gasteiger partial charge < -0.3 is 5.73 Å². The zero-order valence-electron chi connectivity index (χ0n) is 4.15. The predicted octanol–water partition coefficient (Wildman–Crippen LogP) is 0.601. The first-order valence-electron chi connectivity index (χ1n) is 2.54. The highest BCUT2D eigenvalue weighted by Gasteiger charge is 2.30. The van der Waals surface area contributed by atoms with Crippen LogP contribution in [-0.2, 0) is 0 Å². The van der Waals surface area contributed by atoms with Crippen molar-refractivity contribution in [3.05, 3.63) is 0 Å². The van der Waals surface area contributed by atoms with E-state index in [1.54, 1.807) is 0 Å². The lowest BCUT2D eigenvalue weighted by Crippen LogP contribution is -2.00. The highest BCUT2D eigenvalue weighted by atomic mass is 14.6. The summed E-state index contributed by atoms with van der Waals surface area (Å²) in [5.74, 6) is 1.82. The summed E-state index contributed by atoms with van der Waals surface area (Å²) in [4.78, 5) is 0. The Labute approximate surface area is 38.5 Å². The third kappa shape index (κ3) is 0.548. The minimum atomic E-state index is 0.880. The maximum absolute atomic E-state index is 5.32. The molecule has 1 fully saturated rings. The van der Waals surface area contributed by atoms with Gasteiger partial charge in [-0.05, 0) is 24.8 Å². The monoisotopic (exact) mass is 85.1 g/mol. The Morgan fingerprint density at radius 2 is 2.33 bits per heavy atom. The Morgan fingerprint density at radius 3 is 2.33 bits per heavy atom. The van der Waals surface area contributed by atoms with Crippen molar-refractivity contribution in [1.29, 1.82) is 0 Å². The van der Waals surface area contributed by atoms with Gasteiger partial charge in [-0.2, -0.15) is 0 Å². The average molecular weight is 85.2 g/mol. The fourth-order valence-corrected chi connectivity index (χ4v) is 0.728. The molecule has 0 heterocycles. The van der Waals surface area contributed by atoms with Crippen LogP contribution in [0.15, 0.2) is 0 Å². The lowest BCUT2D eigenvalue weighted by molar-refractivity contribution is 0.761. The molecule has 0 aromatic rings. The zero-order chi connectivity index (χ0) is 4.57. The lowest BCUT2D eigenvalue weighted by Gasteiger charge is -1.80. The van der Waals surface area contributed by atoms with Crippen molar-refractivity contribution in [2.45, 2.75) is 13.3 Å². The van der Waals surface area contributed by atoms with Gasteiger partial charge in [-0.3, -0.25) is 0 Å². The van der Waals surface area contributed by atoms with Gasteiger partial charge in [-0.1, -0.05) is 6.92 Å². The van der Waals surface area contributed by atoms with Gasteiger partial charge in [0, 0.05) is 0 Å². The number of nitrogens with two attached hydrogens (primary N) is 1. The Bertz CT molecular complexity index is 49.9. The van der Waals surface area contributed by atoms with Gasteiger partial charge >= 0.3 is 0 Å². The molecule has 0 bridgehead atoms. The summed E-state index contributed by atoms with van der Waals surface area (Å²) in [6.45, 7) is 3.15. The van der Waals surface area contributed by atoms with E-state index in [-0.39, 0.29) is 0 Å². The van der Waals surface area contributed by atoms with Gasteiger partial charge in [0.05, 0.1) is 0 Å². The average Bonchev–Trinajstić information content (AvgIpc) is 2.19. The minimum Gasteiger partial charge on any atom is -0.330 e. The maximum atomic E-state index is 5.32. The van der Waals surface area contributed by atoms with Crippen LogP contribution in [0.3, 0.4) is 0 Å². The first-order valence-corrected chi connectivity index (χ1v) is 2.54. The fraction of sp³-hybridized carbons (Fsp3) is 1.00. The number of hydrogen-bond acceptors (Lipinski definition) is 1. The Kier molecular flexibility index (Phi) is 0.845. The van der Waals surface area contributed by atoms with E-state index in [0.717, 1.165) is 18.4 Å². The quantitative estimate of drug-likeness (QED) is 0.495. The standard InChI is InChI=1S/C5H11N/c1-4-2-5(4)3-6/h4-5H,2-3,6H2,1H3/t4-,5?/m1/s1. The van der Waals surface area contributed by atoms with Crippen LogP contribution in [0.25, 0.3) is 0 Å². The van der Waals surface area contributed by atoms with E-state index in [0.29, 0.717) is 0 Å². The Morgan fingerprint density at radius 1 is 1.83 bits per heavy atom. The van der Waals surface area contributed by atoms with Crippen molar-refractivity contribution in [3.63, 3.8) is 0 Å². The van der Waals surface area contributed by atoms with Crippen LogP contribution >= 0.6 is 0 Å². The molecule has 1 nitrogen and oxygen atoms in total. The molecule has 1 aliphatic rings. The van der Waals surface area contributed by atoms with E-state index >= 15 is 0 Å². The molecular formula is C5H11N. The SMILES string of the molecule is C[C@@H]1CC1CN. The topological polar surface area (TPSA) is 26.0 Å². The van der Waals surface area contributed by atoms with Crippen molar-refractivity contribution >= 4 is 0 Å². The van der Waals surface area contributed by atoms with Gasteiger partial charge in [-0.15, -0.1) is 0 Å². The van der Waals surface area contributed by atoms with E-state index in [2.05, 4.69) is 6.92 Å². The summed E-state index contributed by atoms with van der Waals surface area (Å²) < 4.78 is 0. The largest absolute Gasteiger partial charge is 0.330 e. The molecule has 1 aliphatic carbocycles. The molecule has 1 unspecified atom stereocenters. The van der Waals surface area contributed by atoms with Gasteiger partial charge in [0.2, 0.25) is 0 Å². The van der Waals surface area contributed by atoms with Gasteiger partial charge in [0.15, 0.2) is 0 Å². The van der Waals surface area contributed by atoms with Crippen molar-refractivity contribution in [1.82, 2.24) is 0 Å². The second-order valence-electron chi connectivity index (χ2n) is 2.21. The highest BCUT2D eigenvalue weighted by Crippen LogP contribution is 2.35. The smallest absolute Gasteiger partial charge is 0.00462 e. The third-order valence-corrected chi connectivity index (χ3v) is 1.58. The molecule has 0 aliphatic heterocycles. The highest BCUT2D eigenvalue weighted by molar-refractivity contribution is 4.82. The van der Waals surface area contributed by atoms with Gasteiger partial charge in [0.25, 0.3) is 0 Å². The van der Waals surface area contributed by atoms with Gasteiger partial charge in [0.1, 0.15) is 0 Å². The molecule has 6 heavy (non-hydrogen) atoms. The summed E-state index contributed by atoms with van der Waals surface area (Å²) in [5.41, 5.74) is 5.32. The molecule has 2 atom stereocenters. The van der Waals surface area contributed by atoms with E-state index < -0.39 is 0 Å². The van der Waals surface area contributed by atoms with E-state index in [9.17, 15) is 0 Å². The first-order chi connectivity index (χ1) is 2.84. The van der Waals surface area contributed by atoms with Crippen molar-refractivity contribution in [3.8, 4) is 0 Å². The molecule has 1 saturated carbocycles. The first kappa shape index (κ1) is 4.13. The molecule has 0 amide bonds. The van der Waals surface area contributed by atoms with Crippen LogP contribution in [0.5, 0.6) is 0 Å². The van der Waals surface area contributed by atoms with Crippen LogP contribution in [0, 0.1) is 11.8 Å². The zero-order valence-corrected chi connectivity index (χ0v) is 4.15.